The van der Waals surface area contributed by atoms with Crippen LogP contribution in [0.4, 0.5) is 0 Å². The maximum Gasteiger partial charge on any atom is 0.325 e. The number of carbonyl (C=O) groups is 1. The van der Waals surface area contributed by atoms with E-state index >= 15 is 0 Å². The maximum atomic E-state index is 11.9. The molecule has 2 rings (SSSR count). The van der Waals surface area contributed by atoms with E-state index in [4.69, 9.17) is 4.74 Å². The summed E-state index contributed by atoms with van der Waals surface area (Å²) in [5, 5.41) is 4.18. The van der Waals surface area contributed by atoms with Crippen LogP contribution in [0.5, 0.6) is 0 Å². The highest BCUT2D eigenvalue weighted by molar-refractivity contribution is 7.99. The van der Waals surface area contributed by atoms with E-state index in [1.165, 1.54) is 7.11 Å². The van der Waals surface area contributed by atoms with Crippen molar-refractivity contribution in [3.8, 4) is 0 Å². The van der Waals surface area contributed by atoms with Gasteiger partial charge in [0, 0.05) is 24.2 Å². The van der Waals surface area contributed by atoms with Crippen LogP contribution in [0.15, 0.2) is 23.6 Å². The molecule has 0 amide bonds. The number of nitrogens with zero attached hydrogens (tertiary/aromatic N) is 2. The van der Waals surface area contributed by atoms with Gasteiger partial charge in [-0.1, -0.05) is 11.8 Å². The summed E-state index contributed by atoms with van der Waals surface area (Å²) >= 11 is 1.61. The molecule has 0 saturated heterocycles. The zero-order chi connectivity index (χ0) is 14.4. The van der Waals surface area contributed by atoms with Crippen LogP contribution in [-0.4, -0.2) is 40.4 Å². The minimum absolute atomic E-state index is 0.176. The Morgan fingerprint density at radius 1 is 1.50 bits per heavy atom. The average Bonchev–Trinajstić information content (AvgIpc) is 3.27. The van der Waals surface area contributed by atoms with E-state index in [0.717, 1.165) is 36.6 Å². The molecule has 0 radical (unpaired) electrons. The molecule has 0 bridgehead atoms. The van der Waals surface area contributed by atoms with Crippen molar-refractivity contribution in [2.75, 3.05) is 12.9 Å². The highest BCUT2D eigenvalue weighted by Gasteiger charge is 2.38. The molecule has 0 spiro atoms. The van der Waals surface area contributed by atoms with E-state index in [1.807, 2.05) is 6.92 Å². The standard InChI is InChI=1S/C14H21N3O2S/c1-14(12(18)19-2,17-11-5-6-11)7-3-10-20-13-15-8-4-9-16-13/h4,8-9,11,17H,3,5-7,10H2,1-2H3. The lowest BCUT2D eigenvalue weighted by atomic mass is 9.96. The molecule has 1 atom stereocenters. The topological polar surface area (TPSA) is 64.1 Å². The molecule has 1 aromatic heterocycles. The van der Waals surface area contributed by atoms with Gasteiger partial charge in [-0.15, -0.1) is 0 Å². The molecule has 1 fully saturated rings. The second-order valence-electron chi connectivity index (χ2n) is 5.23. The van der Waals surface area contributed by atoms with Gasteiger partial charge in [-0.05, 0) is 38.7 Å². The molecule has 1 saturated carbocycles. The van der Waals surface area contributed by atoms with E-state index in [9.17, 15) is 4.79 Å². The molecule has 0 aromatic carbocycles. The molecule has 1 aliphatic rings. The van der Waals surface area contributed by atoms with Crippen LogP contribution in [0.3, 0.4) is 0 Å². The Bertz CT molecular complexity index is 439. The number of nitrogens with one attached hydrogen (secondary N) is 1. The SMILES string of the molecule is COC(=O)C(C)(CCCSc1ncccn1)NC1CC1. The van der Waals surface area contributed by atoms with Gasteiger partial charge in [0.15, 0.2) is 5.16 Å². The molecule has 1 heterocycles. The van der Waals surface area contributed by atoms with Crippen molar-refractivity contribution in [3.63, 3.8) is 0 Å². The third-order valence-electron chi connectivity index (χ3n) is 3.33. The van der Waals surface area contributed by atoms with Crippen molar-refractivity contribution in [2.24, 2.45) is 0 Å². The lowest BCUT2D eigenvalue weighted by Crippen LogP contribution is -2.51. The van der Waals surface area contributed by atoms with Crippen LogP contribution in [0.1, 0.15) is 32.6 Å². The first-order valence-corrected chi connectivity index (χ1v) is 7.88. The summed E-state index contributed by atoms with van der Waals surface area (Å²) in [5.41, 5.74) is -0.575. The fraction of sp³-hybridized carbons (Fsp3) is 0.643. The molecule has 1 aliphatic carbocycles. The largest absolute Gasteiger partial charge is 0.468 e. The van der Waals surface area contributed by atoms with Crippen molar-refractivity contribution in [1.29, 1.82) is 0 Å². The molecule has 1 aromatic rings. The lowest BCUT2D eigenvalue weighted by Gasteiger charge is -2.28. The Morgan fingerprint density at radius 3 is 2.80 bits per heavy atom. The predicted octanol–water partition coefficient (Wildman–Crippen LogP) is 2.03. The van der Waals surface area contributed by atoms with Crippen molar-refractivity contribution in [1.82, 2.24) is 15.3 Å². The van der Waals surface area contributed by atoms with Gasteiger partial charge in [0.1, 0.15) is 5.54 Å². The summed E-state index contributed by atoms with van der Waals surface area (Å²) < 4.78 is 4.93. The Labute approximate surface area is 123 Å². The maximum absolute atomic E-state index is 11.9. The summed E-state index contributed by atoms with van der Waals surface area (Å²) in [5.74, 6) is 0.716. The lowest BCUT2D eigenvalue weighted by molar-refractivity contribution is -0.148. The number of carbonyl (C=O) groups excluding carboxylic acids is 1. The fourth-order valence-corrected chi connectivity index (χ4v) is 2.83. The van der Waals surface area contributed by atoms with Crippen molar-refractivity contribution >= 4 is 17.7 Å². The smallest absolute Gasteiger partial charge is 0.325 e. The van der Waals surface area contributed by atoms with Gasteiger partial charge in [-0.3, -0.25) is 10.1 Å². The summed E-state index contributed by atoms with van der Waals surface area (Å²) in [4.78, 5) is 20.3. The van der Waals surface area contributed by atoms with Crippen molar-refractivity contribution in [2.45, 2.75) is 49.3 Å². The molecular weight excluding hydrogens is 274 g/mol. The second-order valence-corrected chi connectivity index (χ2v) is 6.29. The first kappa shape index (κ1) is 15.3. The van der Waals surface area contributed by atoms with Crippen LogP contribution >= 0.6 is 11.8 Å². The number of thioether (sulfide) groups is 1. The molecular formula is C14H21N3O2S. The third-order valence-corrected chi connectivity index (χ3v) is 4.29. The molecule has 20 heavy (non-hydrogen) atoms. The predicted molar refractivity (Wildman–Crippen MR) is 78.6 cm³/mol. The number of methoxy groups -OCH3 is 1. The van der Waals surface area contributed by atoms with Gasteiger partial charge in [-0.25, -0.2) is 9.97 Å². The summed E-state index contributed by atoms with van der Waals surface area (Å²) in [7, 11) is 1.45. The second kappa shape index (κ2) is 7.04. The minimum atomic E-state index is -0.575. The number of esters is 1. The number of hydrogen-bond donors (Lipinski definition) is 1. The number of rotatable bonds is 8. The molecule has 1 unspecified atom stereocenters. The molecule has 5 nitrogen and oxygen atoms in total. The molecule has 6 heteroatoms. The van der Waals surface area contributed by atoms with Gasteiger partial charge in [-0.2, -0.15) is 0 Å². The van der Waals surface area contributed by atoms with E-state index < -0.39 is 5.54 Å². The fourth-order valence-electron chi connectivity index (χ4n) is 2.09. The van der Waals surface area contributed by atoms with Crippen LogP contribution in [0.2, 0.25) is 0 Å². The van der Waals surface area contributed by atoms with E-state index in [1.54, 1.807) is 30.2 Å². The Kier molecular flexibility index (Phi) is 5.37. The minimum Gasteiger partial charge on any atom is -0.468 e. The number of aromatic nitrogens is 2. The van der Waals surface area contributed by atoms with Crippen LogP contribution < -0.4 is 5.32 Å². The monoisotopic (exact) mass is 295 g/mol. The van der Waals surface area contributed by atoms with Crippen molar-refractivity contribution < 1.29 is 9.53 Å². The van der Waals surface area contributed by atoms with E-state index in [0.29, 0.717) is 6.04 Å². The Hall–Kier alpha value is -1.14. The Balaban J connectivity index is 1.78. The highest BCUT2D eigenvalue weighted by atomic mass is 32.2. The quantitative estimate of drug-likeness (QED) is 0.343. The summed E-state index contributed by atoms with van der Waals surface area (Å²) in [6.07, 6.45) is 7.45. The van der Waals surface area contributed by atoms with Gasteiger partial charge in [0.25, 0.3) is 0 Å². The van der Waals surface area contributed by atoms with E-state index in [2.05, 4.69) is 15.3 Å². The Morgan fingerprint density at radius 2 is 2.20 bits per heavy atom. The van der Waals surface area contributed by atoms with Crippen LogP contribution in [-0.2, 0) is 9.53 Å². The first-order chi connectivity index (χ1) is 9.64. The summed E-state index contributed by atoms with van der Waals surface area (Å²) in [6, 6.07) is 2.28. The average molecular weight is 295 g/mol. The first-order valence-electron chi connectivity index (χ1n) is 6.90. The van der Waals surface area contributed by atoms with Crippen LogP contribution in [0, 0.1) is 0 Å². The molecule has 1 N–H and O–H groups in total. The molecule has 0 aliphatic heterocycles. The highest BCUT2D eigenvalue weighted by Crippen LogP contribution is 2.26. The zero-order valence-corrected chi connectivity index (χ0v) is 12.8. The van der Waals surface area contributed by atoms with Gasteiger partial charge < -0.3 is 4.74 Å². The third kappa shape index (κ3) is 4.45. The van der Waals surface area contributed by atoms with Gasteiger partial charge >= 0.3 is 5.97 Å². The van der Waals surface area contributed by atoms with Crippen LogP contribution in [0.25, 0.3) is 0 Å². The van der Waals surface area contributed by atoms with Gasteiger partial charge in [0.2, 0.25) is 0 Å². The molecule has 110 valence electrons. The number of ether oxygens (including phenoxy) is 1. The van der Waals surface area contributed by atoms with E-state index in [-0.39, 0.29) is 5.97 Å². The normalized spacial score (nSPS) is 17.5. The number of hydrogen-bond acceptors (Lipinski definition) is 6. The van der Waals surface area contributed by atoms with Crippen molar-refractivity contribution in [3.05, 3.63) is 18.5 Å². The van der Waals surface area contributed by atoms with Gasteiger partial charge in [0.05, 0.1) is 7.11 Å². The summed E-state index contributed by atoms with van der Waals surface area (Å²) in [6.45, 7) is 1.93. The zero-order valence-electron chi connectivity index (χ0n) is 12.0.